The van der Waals surface area contributed by atoms with Crippen LogP contribution in [0.15, 0.2) is 0 Å². The summed E-state index contributed by atoms with van der Waals surface area (Å²) in [6, 6.07) is 0.875. The maximum absolute atomic E-state index is 11.9. The van der Waals surface area contributed by atoms with Crippen molar-refractivity contribution < 1.29 is 4.79 Å². The lowest BCUT2D eigenvalue weighted by atomic mass is 9.95. The van der Waals surface area contributed by atoms with Crippen molar-refractivity contribution in [2.24, 2.45) is 5.92 Å². The summed E-state index contributed by atoms with van der Waals surface area (Å²) in [5, 5.41) is 6.65. The molecule has 1 heterocycles. The first-order chi connectivity index (χ1) is 8.67. The quantitative estimate of drug-likeness (QED) is 0.733. The highest BCUT2D eigenvalue weighted by Gasteiger charge is 2.17. The van der Waals surface area contributed by atoms with Crippen molar-refractivity contribution in [1.29, 1.82) is 0 Å². The Morgan fingerprint density at radius 3 is 2.61 bits per heavy atom. The Balaban J connectivity index is 2.19. The van der Waals surface area contributed by atoms with Gasteiger partial charge < -0.3 is 10.6 Å². The predicted molar refractivity (Wildman–Crippen MR) is 76.6 cm³/mol. The molecule has 1 aliphatic heterocycles. The molecule has 1 aliphatic rings. The van der Waals surface area contributed by atoms with Gasteiger partial charge in [0.15, 0.2) is 0 Å². The summed E-state index contributed by atoms with van der Waals surface area (Å²) >= 11 is 0. The van der Waals surface area contributed by atoms with Crippen molar-refractivity contribution in [3.8, 4) is 0 Å². The SMILES string of the molecule is CCC(CC)C(C)NC(=O)CCC1CCCCN1. The van der Waals surface area contributed by atoms with E-state index in [4.69, 9.17) is 0 Å². The Labute approximate surface area is 112 Å². The second kappa shape index (κ2) is 8.52. The molecule has 2 unspecified atom stereocenters. The minimum atomic E-state index is 0.224. The Morgan fingerprint density at radius 2 is 2.06 bits per heavy atom. The molecule has 0 aromatic carbocycles. The molecule has 1 fully saturated rings. The number of rotatable bonds is 7. The summed E-state index contributed by atoms with van der Waals surface area (Å²) < 4.78 is 0. The van der Waals surface area contributed by atoms with E-state index in [2.05, 4.69) is 31.4 Å². The first-order valence-electron chi connectivity index (χ1n) is 7.70. The highest BCUT2D eigenvalue weighted by Crippen LogP contribution is 2.14. The van der Waals surface area contributed by atoms with E-state index in [0.717, 1.165) is 25.8 Å². The van der Waals surface area contributed by atoms with Crippen molar-refractivity contribution in [2.45, 2.75) is 77.8 Å². The smallest absolute Gasteiger partial charge is 0.220 e. The Hall–Kier alpha value is -0.570. The van der Waals surface area contributed by atoms with E-state index in [-0.39, 0.29) is 5.91 Å². The van der Waals surface area contributed by atoms with E-state index in [1.165, 1.54) is 19.3 Å². The van der Waals surface area contributed by atoms with Crippen molar-refractivity contribution in [2.75, 3.05) is 6.54 Å². The van der Waals surface area contributed by atoms with E-state index in [0.29, 0.717) is 24.4 Å². The number of amides is 1. The van der Waals surface area contributed by atoms with Gasteiger partial charge in [-0.1, -0.05) is 33.1 Å². The van der Waals surface area contributed by atoms with Gasteiger partial charge in [0.25, 0.3) is 0 Å². The molecule has 0 spiro atoms. The highest BCUT2D eigenvalue weighted by molar-refractivity contribution is 5.76. The summed E-state index contributed by atoms with van der Waals surface area (Å²) in [4.78, 5) is 11.9. The third-order valence-corrected chi connectivity index (χ3v) is 4.28. The molecule has 1 amide bonds. The maximum Gasteiger partial charge on any atom is 0.220 e. The standard InChI is InChI=1S/C15H30N2O/c1-4-13(5-2)12(3)17-15(18)10-9-14-8-6-7-11-16-14/h12-14,16H,4-11H2,1-3H3,(H,17,18). The van der Waals surface area contributed by atoms with Crippen LogP contribution >= 0.6 is 0 Å². The summed E-state index contributed by atoms with van der Waals surface area (Å²) in [5.41, 5.74) is 0. The highest BCUT2D eigenvalue weighted by atomic mass is 16.1. The molecule has 1 rings (SSSR count). The lowest BCUT2D eigenvalue weighted by molar-refractivity contribution is -0.122. The molecular weight excluding hydrogens is 224 g/mol. The Kier molecular flexibility index (Phi) is 7.33. The van der Waals surface area contributed by atoms with Crippen molar-refractivity contribution in [1.82, 2.24) is 10.6 Å². The van der Waals surface area contributed by atoms with Crippen LogP contribution in [0.2, 0.25) is 0 Å². The third-order valence-electron chi connectivity index (χ3n) is 4.28. The number of hydrogen-bond acceptors (Lipinski definition) is 2. The minimum absolute atomic E-state index is 0.224. The zero-order valence-electron chi connectivity index (χ0n) is 12.3. The molecule has 0 aromatic heterocycles. The molecule has 18 heavy (non-hydrogen) atoms. The fraction of sp³-hybridized carbons (Fsp3) is 0.933. The average molecular weight is 254 g/mol. The van der Waals surface area contributed by atoms with Crippen LogP contribution < -0.4 is 10.6 Å². The van der Waals surface area contributed by atoms with E-state index < -0.39 is 0 Å². The number of hydrogen-bond donors (Lipinski definition) is 2. The summed E-state index contributed by atoms with van der Waals surface area (Å²) in [5.74, 6) is 0.837. The summed E-state index contributed by atoms with van der Waals surface area (Å²) in [7, 11) is 0. The van der Waals surface area contributed by atoms with Gasteiger partial charge in [0.1, 0.15) is 0 Å². The normalized spacial score (nSPS) is 21.9. The van der Waals surface area contributed by atoms with Gasteiger partial charge in [0.2, 0.25) is 5.91 Å². The van der Waals surface area contributed by atoms with E-state index in [9.17, 15) is 4.79 Å². The van der Waals surface area contributed by atoms with Gasteiger partial charge in [-0.2, -0.15) is 0 Å². The lowest BCUT2D eigenvalue weighted by Crippen LogP contribution is -2.39. The third kappa shape index (κ3) is 5.38. The van der Waals surface area contributed by atoms with Crippen LogP contribution in [0.4, 0.5) is 0 Å². The molecule has 0 bridgehead atoms. The second-order valence-electron chi connectivity index (χ2n) is 5.62. The molecule has 2 N–H and O–H groups in total. The monoisotopic (exact) mass is 254 g/mol. The fourth-order valence-electron chi connectivity index (χ4n) is 2.92. The summed E-state index contributed by atoms with van der Waals surface area (Å²) in [6.07, 6.45) is 7.76. The topological polar surface area (TPSA) is 41.1 Å². The van der Waals surface area contributed by atoms with Crippen LogP contribution in [0.3, 0.4) is 0 Å². The number of nitrogens with one attached hydrogen (secondary N) is 2. The molecule has 0 aromatic rings. The van der Waals surface area contributed by atoms with Gasteiger partial charge in [0, 0.05) is 18.5 Å². The zero-order valence-corrected chi connectivity index (χ0v) is 12.3. The lowest BCUT2D eigenvalue weighted by Gasteiger charge is -2.25. The molecule has 2 atom stereocenters. The average Bonchev–Trinajstić information content (AvgIpc) is 2.39. The number of carbonyl (C=O) groups is 1. The largest absolute Gasteiger partial charge is 0.353 e. The fourth-order valence-corrected chi connectivity index (χ4v) is 2.92. The number of carbonyl (C=O) groups excluding carboxylic acids is 1. The first-order valence-corrected chi connectivity index (χ1v) is 7.70. The molecule has 106 valence electrons. The van der Waals surface area contributed by atoms with Crippen LogP contribution in [0.25, 0.3) is 0 Å². The molecular formula is C15H30N2O. The van der Waals surface area contributed by atoms with Crippen LogP contribution in [0.5, 0.6) is 0 Å². The molecule has 0 radical (unpaired) electrons. The molecule has 3 nitrogen and oxygen atoms in total. The van der Waals surface area contributed by atoms with Gasteiger partial charge in [0.05, 0.1) is 0 Å². The van der Waals surface area contributed by atoms with Crippen molar-refractivity contribution in [3.63, 3.8) is 0 Å². The van der Waals surface area contributed by atoms with Gasteiger partial charge in [-0.15, -0.1) is 0 Å². The molecule has 0 saturated carbocycles. The van der Waals surface area contributed by atoms with Crippen molar-refractivity contribution >= 4 is 5.91 Å². The number of piperidine rings is 1. The predicted octanol–water partition coefficient (Wildman–Crippen LogP) is 2.85. The molecule has 1 saturated heterocycles. The summed E-state index contributed by atoms with van der Waals surface area (Å²) in [6.45, 7) is 7.65. The Morgan fingerprint density at radius 1 is 1.33 bits per heavy atom. The van der Waals surface area contributed by atoms with Crippen LogP contribution in [-0.2, 0) is 4.79 Å². The van der Waals surface area contributed by atoms with Crippen LogP contribution in [-0.4, -0.2) is 24.5 Å². The van der Waals surface area contributed by atoms with Crippen LogP contribution in [0.1, 0.15) is 65.7 Å². The van der Waals surface area contributed by atoms with E-state index in [1.54, 1.807) is 0 Å². The van der Waals surface area contributed by atoms with E-state index >= 15 is 0 Å². The van der Waals surface area contributed by atoms with Gasteiger partial charge in [-0.3, -0.25) is 4.79 Å². The van der Waals surface area contributed by atoms with Gasteiger partial charge in [-0.05, 0) is 38.6 Å². The second-order valence-corrected chi connectivity index (χ2v) is 5.62. The minimum Gasteiger partial charge on any atom is -0.353 e. The first kappa shape index (κ1) is 15.5. The van der Waals surface area contributed by atoms with E-state index in [1.807, 2.05) is 0 Å². The van der Waals surface area contributed by atoms with Crippen LogP contribution in [0, 0.1) is 5.92 Å². The molecule has 0 aliphatic carbocycles. The molecule has 3 heteroatoms. The van der Waals surface area contributed by atoms with Crippen molar-refractivity contribution in [3.05, 3.63) is 0 Å². The zero-order chi connectivity index (χ0) is 13.4. The van der Waals surface area contributed by atoms with Gasteiger partial charge in [-0.25, -0.2) is 0 Å². The maximum atomic E-state index is 11.9. The van der Waals surface area contributed by atoms with Gasteiger partial charge >= 0.3 is 0 Å². The Bertz CT molecular complexity index is 233.